The lowest BCUT2D eigenvalue weighted by Gasteiger charge is -2.36. The molecule has 1 saturated heterocycles. The van der Waals surface area contributed by atoms with Crippen LogP contribution in [0.15, 0.2) is 35.2 Å². The highest BCUT2D eigenvalue weighted by Gasteiger charge is 2.27. The van der Waals surface area contributed by atoms with E-state index >= 15 is 0 Å². The molecule has 2 heterocycles. The van der Waals surface area contributed by atoms with E-state index in [0.717, 1.165) is 30.9 Å². The molecule has 1 fully saturated rings. The Labute approximate surface area is 139 Å². The number of carbonyl (C=O) groups is 1. The first kappa shape index (κ1) is 15.5. The Balaban J connectivity index is 1.70. The number of carbonyl (C=O) groups excluding carboxylic acids is 1. The highest BCUT2D eigenvalue weighted by Crippen LogP contribution is 2.25. The Hall–Kier alpha value is -1.43. The number of hydrogen-bond donors (Lipinski definition) is 1. The molecule has 22 heavy (non-hydrogen) atoms. The summed E-state index contributed by atoms with van der Waals surface area (Å²) in [7, 11) is 0. The number of hydrogen-bond acceptors (Lipinski definition) is 4. The van der Waals surface area contributed by atoms with E-state index in [-0.39, 0.29) is 11.9 Å². The van der Waals surface area contributed by atoms with Gasteiger partial charge in [-0.3, -0.25) is 4.79 Å². The molecule has 1 amide bonds. The number of thiazole rings is 1. The lowest BCUT2D eigenvalue weighted by atomic mass is 10.0. The van der Waals surface area contributed by atoms with Gasteiger partial charge in [0.2, 0.25) is 5.91 Å². The maximum Gasteiger partial charge on any atom is 0.223 e. The first-order valence-corrected chi connectivity index (χ1v) is 8.69. The molecule has 1 aromatic heterocycles. The Morgan fingerprint density at radius 3 is 3.18 bits per heavy atom. The van der Waals surface area contributed by atoms with Gasteiger partial charge in [-0.1, -0.05) is 23.7 Å². The number of aryl methyl sites for hydroxylation is 1. The fraction of sp³-hybridized carbons (Fsp3) is 0.375. The van der Waals surface area contributed by atoms with Crippen molar-refractivity contribution >= 4 is 28.8 Å². The van der Waals surface area contributed by atoms with Gasteiger partial charge in [0.25, 0.3) is 0 Å². The van der Waals surface area contributed by atoms with Crippen LogP contribution in [0.4, 0.5) is 0 Å². The lowest BCUT2D eigenvalue weighted by Crippen LogP contribution is -2.48. The number of nitrogens with one attached hydrogen (secondary N) is 1. The standard InChI is InChI=1S/C16H18ClN3OS/c17-13-3-1-2-12(8-13)15-9-18-6-7-20(15)16(21)5-4-14-10-22-11-19-14/h1-3,8,10-11,15,18H,4-7,9H2. The van der Waals surface area contributed by atoms with Gasteiger partial charge >= 0.3 is 0 Å². The molecule has 6 heteroatoms. The molecule has 0 bridgehead atoms. The van der Waals surface area contributed by atoms with E-state index in [2.05, 4.69) is 10.3 Å². The third-order valence-electron chi connectivity index (χ3n) is 3.88. The van der Waals surface area contributed by atoms with Crippen molar-refractivity contribution in [1.82, 2.24) is 15.2 Å². The number of nitrogens with zero attached hydrogens (tertiary/aromatic N) is 2. The van der Waals surface area contributed by atoms with Crippen molar-refractivity contribution in [1.29, 1.82) is 0 Å². The second kappa shape index (κ2) is 7.22. The molecular weight excluding hydrogens is 318 g/mol. The number of rotatable bonds is 4. The van der Waals surface area contributed by atoms with E-state index in [0.29, 0.717) is 17.9 Å². The Morgan fingerprint density at radius 1 is 1.50 bits per heavy atom. The number of halogens is 1. The second-order valence-electron chi connectivity index (χ2n) is 5.34. The van der Waals surface area contributed by atoms with Crippen LogP contribution in [0.2, 0.25) is 5.02 Å². The zero-order valence-electron chi connectivity index (χ0n) is 12.2. The predicted molar refractivity (Wildman–Crippen MR) is 89.2 cm³/mol. The fourth-order valence-electron chi connectivity index (χ4n) is 2.75. The number of benzene rings is 1. The first-order chi connectivity index (χ1) is 10.7. The van der Waals surface area contributed by atoms with Crippen molar-refractivity contribution in [3.05, 3.63) is 51.4 Å². The summed E-state index contributed by atoms with van der Waals surface area (Å²) in [6.45, 7) is 2.33. The van der Waals surface area contributed by atoms with Crippen LogP contribution in [-0.2, 0) is 11.2 Å². The van der Waals surface area contributed by atoms with Crippen molar-refractivity contribution in [2.45, 2.75) is 18.9 Å². The summed E-state index contributed by atoms with van der Waals surface area (Å²) in [6.07, 6.45) is 1.20. The summed E-state index contributed by atoms with van der Waals surface area (Å²) in [5.74, 6) is 0.180. The summed E-state index contributed by atoms with van der Waals surface area (Å²) in [4.78, 5) is 18.8. The van der Waals surface area contributed by atoms with Crippen molar-refractivity contribution in [3.63, 3.8) is 0 Å². The van der Waals surface area contributed by atoms with Crippen molar-refractivity contribution in [2.75, 3.05) is 19.6 Å². The number of aromatic nitrogens is 1. The van der Waals surface area contributed by atoms with Crippen LogP contribution < -0.4 is 5.32 Å². The monoisotopic (exact) mass is 335 g/mol. The van der Waals surface area contributed by atoms with E-state index in [4.69, 9.17) is 11.6 Å². The van der Waals surface area contributed by atoms with Crippen LogP contribution in [0.3, 0.4) is 0 Å². The minimum atomic E-state index is 0.0513. The van der Waals surface area contributed by atoms with Gasteiger partial charge in [0.05, 0.1) is 17.2 Å². The average Bonchev–Trinajstić information content (AvgIpc) is 3.06. The Morgan fingerprint density at radius 2 is 2.41 bits per heavy atom. The SMILES string of the molecule is O=C(CCc1cscn1)N1CCNCC1c1cccc(Cl)c1. The lowest BCUT2D eigenvalue weighted by molar-refractivity contribution is -0.134. The van der Waals surface area contributed by atoms with Crippen LogP contribution in [-0.4, -0.2) is 35.4 Å². The van der Waals surface area contributed by atoms with Crippen molar-refractivity contribution in [2.24, 2.45) is 0 Å². The van der Waals surface area contributed by atoms with Crippen molar-refractivity contribution in [3.8, 4) is 0 Å². The summed E-state index contributed by atoms with van der Waals surface area (Å²) >= 11 is 7.65. The predicted octanol–water partition coefficient (Wildman–Crippen LogP) is 2.90. The van der Waals surface area contributed by atoms with E-state index in [1.165, 1.54) is 0 Å². The Kier molecular flexibility index (Phi) is 5.08. The minimum absolute atomic E-state index is 0.0513. The number of piperazine rings is 1. The molecule has 0 spiro atoms. The van der Waals surface area contributed by atoms with Gasteiger partial charge in [0.15, 0.2) is 0 Å². The first-order valence-electron chi connectivity index (χ1n) is 7.37. The highest BCUT2D eigenvalue weighted by atomic mass is 35.5. The van der Waals surface area contributed by atoms with Crippen LogP contribution in [0.1, 0.15) is 23.7 Å². The van der Waals surface area contributed by atoms with E-state index in [1.807, 2.05) is 34.5 Å². The quantitative estimate of drug-likeness (QED) is 0.934. The van der Waals surface area contributed by atoms with Crippen LogP contribution in [0.5, 0.6) is 0 Å². The minimum Gasteiger partial charge on any atom is -0.333 e. The molecule has 1 unspecified atom stereocenters. The molecule has 1 aromatic carbocycles. The van der Waals surface area contributed by atoms with Gasteiger partial charge in [-0.2, -0.15) is 0 Å². The molecule has 1 N–H and O–H groups in total. The zero-order chi connectivity index (χ0) is 15.4. The van der Waals surface area contributed by atoms with Gasteiger partial charge in [-0.25, -0.2) is 4.98 Å². The van der Waals surface area contributed by atoms with Crippen LogP contribution >= 0.6 is 22.9 Å². The molecule has 116 valence electrons. The molecule has 0 saturated carbocycles. The molecule has 0 aliphatic carbocycles. The van der Waals surface area contributed by atoms with E-state index < -0.39 is 0 Å². The van der Waals surface area contributed by atoms with Gasteiger partial charge in [-0.15, -0.1) is 11.3 Å². The fourth-order valence-corrected chi connectivity index (χ4v) is 3.55. The van der Waals surface area contributed by atoms with Crippen molar-refractivity contribution < 1.29 is 4.79 Å². The third-order valence-corrected chi connectivity index (χ3v) is 4.75. The van der Waals surface area contributed by atoms with E-state index in [1.54, 1.807) is 16.8 Å². The maximum absolute atomic E-state index is 12.6. The zero-order valence-corrected chi connectivity index (χ0v) is 13.7. The second-order valence-corrected chi connectivity index (χ2v) is 6.50. The average molecular weight is 336 g/mol. The largest absolute Gasteiger partial charge is 0.333 e. The molecule has 0 radical (unpaired) electrons. The van der Waals surface area contributed by atoms with Crippen LogP contribution in [0.25, 0.3) is 0 Å². The molecule has 1 atom stereocenters. The highest BCUT2D eigenvalue weighted by molar-refractivity contribution is 7.07. The van der Waals surface area contributed by atoms with E-state index in [9.17, 15) is 4.79 Å². The maximum atomic E-state index is 12.6. The van der Waals surface area contributed by atoms with Crippen LogP contribution in [0, 0.1) is 0 Å². The smallest absolute Gasteiger partial charge is 0.223 e. The molecule has 2 aromatic rings. The summed E-state index contributed by atoms with van der Waals surface area (Å²) in [5, 5.41) is 6.07. The Bertz CT molecular complexity index is 632. The van der Waals surface area contributed by atoms with Gasteiger partial charge in [-0.05, 0) is 24.1 Å². The summed E-state index contributed by atoms with van der Waals surface area (Å²) in [5.41, 5.74) is 3.88. The molecule has 1 aliphatic rings. The number of amides is 1. The molecular formula is C16H18ClN3OS. The van der Waals surface area contributed by atoms with Gasteiger partial charge < -0.3 is 10.2 Å². The normalized spacial score (nSPS) is 18.4. The summed E-state index contributed by atoms with van der Waals surface area (Å²) < 4.78 is 0. The van der Waals surface area contributed by atoms with Gasteiger partial charge in [0.1, 0.15) is 0 Å². The molecule has 3 rings (SSSR count). The molecule has 1 aliphatic heterocycles. The topological polar surface area (TPSA) is 45.2 Å². The molecule has 4 nitrogen and oxygen atoms in total. The summed E-state index contributed by atoms with van der Waals surface area (Å²) in [6, 6.07) is 7.82. The van der Waals surface area contributed by atoms with Gasteiger partial charge in [0, 0.05) is 36.5 Å². The third kappa shape index (κ3) is 3.66.